The molecule has 3 N–H and O–H groups in total. The molecule has 2 unspecified atom stereocenters. The summed E-state index contributed by atoms with van der Waals surface area (Å²) in [5, 5.41) is 4.77. The van der Waals surface area contributed by atoms with Crippen LogP contribution in [0.25, 0.3) is 0 Å². The van der Waals surface area contributed by atoms with Crippen molar-refractivity contribution in [3.63, 3.8) is 0 Å². The molecule has 1 fully saturated rings. The standard InChI is InChI=1S/C23H22ClN3O6S/c1-15-6-2-4-8-19(15)32-23(33-20-9-5-3-7-17(20)24)12-10-16(11-13-23)34(30,31)25-14-18-21(28)27-22(29)26-18/h2-12,18,25H,13-14H2,1H3,(H2,26,27,28,29). The SMILES string of the molecule is Cc1ccccc1OC1(Oc2ccccc2Cl)C=CC(S(=O)(=O)NCC2NC(=O)NC2=O)=CC1. The van der Waals surface area contributed by atoms with Gasteiger partial charge in [-0.15, -0.1) is 0 Å². The molecule has 2 aromatic rings. The van der Waals surface area contributed by atoms with Gasteiger partial charge in [-0.25, -0.2) is 17.9 Å². The minimum absolute atomic E-state index is 0.0241. The summed E-state index contributed by atoms with van der Waals surface area (Å²) in [6, 6.07) is 12.6. The molecule has 0 spiro atoms. The van der Waals surface area contributed by atoms with E-state index in [9.17, 15) is 18.0 Å². The largest absolute Gasteiger partial charge is 0.448 e. The third-order valence-corrected chi connectivity index (χ3v) is 7.01. The Bertz CT molecular complexity index is 1240. The van der Waals surface area contributed by atoms with Gasteiger partial charge in [0.1, 0.15) is 17.5 Å². The zero-order valence-electron chi connectivity index (χ0n) is 18.1. The van der Waals surface area contributed by atoms with Crippen LogP contribution in [0.4, 0.5) is 4.79 Å². The number of carbonyl (C=O) groups excluding carboxylic acids is 2. The van der Waals surface area contributed by atoms with Crippen molar-refractivity contribution in [1.82, 2.24) is 15.4 Å². The highest BCUT2D eigenvalue weighted by Gasteiger charge is 2.37. The van der Waals surface area contributed by atoms with Gasteiger partial charge < -0.3 is 14.8 Å². The van der Waals surface area contributed by atoms with E-state index in [0.29, 0.717) is 16.5 Å². The molecule has 2 atom stereocenters. The number of hydrogen-bond donors (Lipinski definition) is 3. The number of allylic oxidation sites excluding steroid dienone is 1. The predicted octanol–water partition coefficient (Wildman–Crippen LogP) is 2.77. The lowest BCUT2D eigenvalue weighted by molar-refractivity contribution is -0.120. The van der Waals surface area contributed by atoms with Crippen molar-refractivity contribution in [2.45, 2.75) is 25.2 Å². The Morgan fingerprint density at radius 3 is 2.38 bits per heavy atom. The summed E-state index contributed by atoms with van der Waals surface area (Å²) in [4.78, 5) is 22.9. The number of imide groups is 1. The number of hydrogen-bond acceptors (Lipinski definition) is 6. The fourth-order valence-electron chi connectivity index (χ4n) is 3.41. The number of benzene rings is 2. The summed E-state index contributed by atoms with van der Waals surface area (Å²) >= 11 is 6.28. The maximum absolute atomic E-state index is 12.8. The third-order valence-electron chi connectivity index (χ3n) is 5.23. The van der Waals surface area contributed by atoms with Crippen LogP contribution in [0, 0.1) is 6.92 Å². The molecule has 0 bridgehead atoms. The van der Waals surface area contributed by atoms with Crippen LogP contribution in [0.1, 0.15) is 12.0 Å². The van der Waals surface area contributed by atoms with E-state index < -0.39 is 33.8 Å². The lowest BCUT2D eigenvalue weighted by atomic mass is 10.1. The van der Waals surface area contributed by atoms with Gasteiger partial charge in [0.15, 0.2) is 0 Å². The number of carbonyl (C=O) groups is 2. The Balaban J connectivity index is 1.55. The fraction of sp³-hybridized carbons (Fsp3) is 0.217. The van der Waals surface area contributed by atoms with E-state index in [1.54, 1.807) is 30.3 Å². The van der Waals surface area contributed by atoms with Crippen molar-refractivity contribution in [3.8, 4) is 11.5 Å². The molecule has 0 saturated carbocycles. The summed E-state index contributed by atoms with van der Waals surface area (Å²) in [7, 11) is -3.97. The molecular formula is C23H22ClN3O6S. The third kappa shape index (κ3) is 5.24. The Morgan fingerprint density at radius 2 is 1.76 bits per heavy atom. The van der Waals surface area contributed by atoms with E-state index in [-0.39, 0.29) is 17.9 Å². The van der Waals surface area contributed by atoms with Gasteiger partial charge in [0, 0.05) is 19.0 Å². The minimum Gasteiger partial charge on any atom is -0.448 e. The summed E-state index contributed by atoms with van der Waals surface area (Å²) in [5.74, 6) is -1.00. The molecule has 0 aromatic heterocycles. The van der Waals surface area contributed by atoms with E-state index in [2.05, 4.69) is 15.4 Å². The van der Waals surface area contributed by atoms with Crippen LogP contribution >= 0.6 is 11.6 Å². The van der Waals surface area contributed by atoms with E-state index in [1.165, 1.54) is 18.2 Å². The maximum atomic E-state index is 12.8. The Hall–Kier alpha value is -3.34. The Morgan fingerprint density at radius 1 is 1.09 bits per heavy atom. The summed E-state index contributed by atoms with van der Waals surface area (Å²) < 4.78 is 40.3. The van der Waals surface area contributed by atoms with Crippen LogP contribution in [0.2, 0.25) is 5.02 Å². The molecule has 2 aromatic carbocycles. The van der Waals surface area contributed by atoms with Gasteiger partial charge >= 0.3 is 6.03 Å². The van der Waals surface area contributed by atoms with Gasteiger partial charge in [0.25, 0.3) is 11.7 Å². The molecule has 1 heterocycles. The number of amides is 3. The molecule has 0 radical (unpaired) electrons. The number of halogens is 1. The number of sulfonamides is 1. The summed E-state index contributed by atoms with van der Waals surface area (Å²) in [6.45, 7) is 1.60. The number of rotatable bonds is 8. The lowest BCUT2D eigenvalue weighted by Crippen LogP contribution is -2.43. The van der Waals surface area contributed by atoms with Crippen molar-refractivity contribution in [2.24, 2.45) is 0 Å². The van der Waals surface area contributed by atoms with Gasteiger partial charge in [0.05, 0.1) is 9.93 Å². The number of urea groups is 1. The quantitative estimate of drug-likeness (QED) is 0.376. The summed E-state index contributed by atoms with van der Waals surface area (Å²) in [5.41, 5.74) is 0.874. The molecular weight excluding hydrogens is 482 g/mol. The van der Waals surface area contributed by atoms with E-state index in [0.717, 1.165) is 5.56 Å². The van der Waals surface area contributed by atoms with Gasteiger partial charge in [-0.2, -0.15) is 0 Å². The molecule has 1 saturated heterocycles. The van der Waals surface area contributed by atoms with E-state index in [1.807, 2.05) is 25.1 Å². The van der Waals surface area contributed by atoms with Gasteiger partial charge in [-0.3, -0.25) is 10.1 Å². The van der Waals surface area contributed by atoms with E-state index >= 15 is 0 Å². The molecule has 3 amide bonds. The zero-order valence-corrected chi connectivity index (χ0v) is 19.7. The van der Waals surface area contributed by atoms with Gasteiger partial charge in [0.2, 0.25) is 10.0 Å². The van der Waals surface area contributed by atoms with Crippen LogP contribution < -0.4 is 24.8 Å². The van der Waals surface area contributed by atoms with Crippen LogP contribution in [-0.4, -0.2) is 38.7 Å². The first-order chi connectivity index (χ1) is 16.2. The Kier molecular flexibility index (Phi) is 6.65. The molecule has 2 aliphatic rings. The molecule has 1 aliphatic heterocycles. The van der Waals surface area contributed by atoms with Crippen LogP contribution in [-0.2, 0) is 14.8 Å². The highest BCUT2D eigenvalue weighted by molar-refractivity contribution is 7.93. The first-order valence-electron chi connectivity index (χ1n) is 10.4. The van der Waals surface area contributed by atoms with E-state index in [4.69, 9.17) is 21.1 Å². The second kappa shape index (κ2) is 9.49. The zero-order chi connectivity index (χ0) is 24.3. The van der Waals surface area contributed by atoms with Gasteiger partial charge in [-0.05, 0) is 36.8 Å². The summed E-state index contributed by atoms with van der Waals surface area (Å²) in [6.07, 6.45) is 4.40. The second-order valence-electron chi connectivity index (χ2n) is 7.72. The first kappa shape index (κ1) is 23.8. The fourth-order valence-corrected chi connectivity index (χ4v) is 4.69. The van der Waals surface area contributed by atoms with Crippen molar-refractivity contribution in [1.29, 1.82) is 0 Å². The minimum atomic E-state index is -3.97. The van der Waals surface area contributed by atoms with Crippen molar-refractivity contribution >= 4 is 33.6 Å². The van der Waals surface area contributed by atoms with Crippen molar-refractivity contribution in [2.75, 3.05) is 6.54 Å². The molecule has 9 nitrogen and oxygen atoms in total. The highest BCUT2D eigenvalue weighted by Crippen LogP contribution is 2.35. The van der Waals surface area contributed by atoms with Crippen molar-refractivity contribution < 1.29 is 27.5 Å². The number of para-hydroxylation sites is 2. The molecule has 178 valence electrons. The molecule has 11 heteroatoms. The monoisotopic (exact) mass is 503 g/mol. The smallest absolute Gasteiger partial charge is 0.322 e. The van der Waals surface area contributed by atoms with Crippen LogP contribution in [0.15, 0.2) is 71.7 Å². The molecule has 34 heavy (non-hydrogen) atoms. The number of aryl methyl sites for hydroxylation is 1. The number of nitrogens with one attached hydrogen (secondary N) is 3. The average molecular weight is 504 g/mol. The first-order valence-corrected chi connectivity index (χ1v) is 12.2. The normalized spacial score (nSPS) is 22.1. The highest BCUT2D eigenvalue weighted by atomic mass is 35.5. The van der Waals surface area contributed by atoms with Gasteiger partial charge in [-0.1, -0.05) is 48.0 Å². The second-order valence-corrected chi connectivity index (χ2v) is 9.90. The van der Waals surface area contributed by atoms with Crippen LogP contribution in [0.5, 0.6) is 11.5 Å². The van der Waals surface area contributed by atoms with Crippen molar-refractivity contribution in [3.05, 3.63) is 82.3 Å². The Labute approximate surface area is 201 Å². The topological polar surface area (TPSA) is 123 Å². The lowest BCUT2D eigenvalue weighted by Gasteiger charge is -2.34. The average Bonchev–Trinajstić information content (AvgIpc) is 3.13. The maximum Gasteiger partial charge on any atom is 0.322 e. The predicted molar refractivity (Wildman–Crippen MR) is 126 cm³/mol. The number of ether oxygens (including phenoxy) is 2. The van der Waals surface area contributed by atoms with Crippen LogP contribution in [0.3, 0.4) is 0 Å². The molecule has 1 aliphatic carbocycles. The molecule has 4 rings (SSSR count).